The second kappa shape index (κ2) is 5.42. The van der Waals surface area contributed by atoms with Crippen LogP contribution < -0.4 is 0 Å². The summed E-state index contributed by atoms with van der Waals surface area (Å²) in [6.45, 7) is 1.99. The Kier molecular flexibility index (Phi) is 5.29. The van der Waals surface area contributed by atoms with Gasteiger partial charge in [0.2, 0.25) is 0 Å². The molecule has 80 valence electrons. The molecule has 0 heterocycles. The maximum absolute atomic E-state index is 12.1. The zero-order chi connectivity index (χ0) is 10.5. The highest BCUT2D eigenvalue weighted by molar-refractivity contribution is 4.72. The van der Waals surface area contributed by atoms with Gasteiger partial charge in [-0.1, -0.05) is 6.92 Å². The first-order chi connectivity index (χ1) is 5.93. The lowest BCUT2D eigenvalue weighted by Gasteiger charge is -2.24. The topological polar surface area (TPSA) is 9.23 Å². The van der Waals surface area contributed by atoms with E-state index < -0.39 is 24.9 Å². The zero-order valence-corrected chi connectivity index (χ0v) is 7.70. The Hall–Kier alpha value is -0.320. The first kappa shape index (κ1) is 12.7. The smallest absolute Gasteiger partial charge is 0.378 e. The number of hydrogen-bond donors (Lipinski definition) is 0. The third-order valence-electron chi connectivity index (χ3n) is 1.85. The van der Waals surface area contributed by atoms with E-state index in [2.05, 4.69) is 0 Å². The summed E-state index contributed by atoms with van der Waals surface area (Å²) in [7, 11) is 0. The molecule has 0 saturated carbocycles. The van der Waals surface area contributed by atoms with Crippen LogP contribution in [0.3, 0.4) is 0 Å². The van der Waals surface area contributed by atoms with Gasteiger partial charge >= 0.3 is 6.18 Å². The minimum atomic E-state index is -4.31. The van der Waals surface area contributed by atoms with E-state index in [0.29, 0.717) is 0 Å². The Labute approximate surface area is 75.1 Å². The number of hydrogen-bond acceptors (Lipinski definition) is 1. The fourth-order valence-corrected chi connectivity index (χ4v) is 1.01. The van der Waals surface area contributed by atoms with Crippen LogP contribution in [0.25, 0.3) is 0 Å². The van der Waals surface area contributed by atoms with Crippen LogP contribution in [-0.4, -0.2) is 25.6 Å². The highest BCUT2D eigenvalue weighted by Gasteiger charge is 2.41. The van der Waals surface area contributed by atoms with Gasteiger partial charge in [-0.3, -0.25) is 4.39 Å². The molecule has 2 atom stereocenters. The molecule has 0 aliphatic heterocycles. The Morgan fingerprint density at radius 3 is 2.15 bits per heavy atom. The summed E-state index contributed by atoms with van der Waals surface area (Å²) >= 11 is 0. The van der Waals surface area contributed by atoms with Crippen LogP contribution in [0.15, 0.2) is 0 Å². The molecule has 0 N–H and O–H groups in total. The van der Waals surface area contributed by atoms with Crippen LogP contribution in [0.1, 0.15) is 20.3 Å². The van der Waals surface area contributed by atoms with Crippen molar-refractivity contribution in [2.75, 3.05) is 13.3 Å². The van der Waals surface area contributed by atoms with Crippen molar-refractivity contribution >= 4 is 0 Å². The summed E-state index contributed by atoms with van der Waals surface area (Å²) in [6.07, 6.45) is -5.57. The van der Waals surface area contributed by atoms with E-state index in [1.165, 1.54) is 0 Å². The van der Waals surface area contributed by atoms with Crippen molar-refractivity contribution in [1.29, 1.82) is 0 Å². The molecule has 1 nitrogen and oxygen atoms in total. The molecule has 5 heteroatoms. The molecule has 0 fully saturated rings. The van der Waals surface area contributed by atoms with Crippen LogP contribution in [0.2, 0.25) is 0 Å². The molecule has 2 unspecified atom stereocenters. The van der Waals surface area contributed by atoms with Crippen LogP contribution in [0, 0.1) is 5.92 Å². The van der Waals surface area contributed by atoms with E-state index in [-0.39, 0.29) is 13.0 Å². The standard InChI is InChI=1S/C8H14F4O/c1-3-13-7(4-5-9)6(2)8(10,11)12/h6-7H,3-5H2,1-2H3. The van der Waals surface area contributed by atoms with Crippen molar-refractivity contribution < 1.29 is 22.3 Å². The van der Waals surface area contributed by atoms with Gasteiger partial charge in [0.1, 0.15) is 0 Å². The molecular formula is C8H14F4O. The molecule has 0 aromatic carbocycles. The van der Waals surface area contributed by atoms with Gasteiger partial charge in [0.05, 0.1) is 18.7 Å². The Morgan fingerprint density at radius 2 is 1.85 bits per heavy atom. The van der Waals surface area contributed by atoms with E-state index >= 15 is 0 Å². The molecule has 0 bridgehead atoms. The molecule has 13 heavy (non-hydrogen) atoms. The number of halogens is 4. The Bertz CT molecular complexity index is 129. The van der Waals surface area contributed by atoms with Crippen molar-refractivity contribution in [3.05, 3.63) is 0 Å². The quantitative estimate of drug-likeness (QED) is 0.623. The van der Waals surface area contributed by atoms with Crippen LogP contribution in [0.4, 0.5) is 17.6 Å². The predicted molar refractivity (Wildman–Crippen MR) is 41.2 cm³/mol. The Morgan fingerprint density at radius 1 is 1.31 bits per heavy atom. The fourth-order valence-electron chi connectivity index (χ4n) is 1.01. The summed E-state index contributed by atoms with van der Waals surface area (Å²) < 4.78 is 53.1. The summed E-state index contributed by atoms with van der Waals surface area (Å²) in [5, 5.41) is 0. The molecule has 0 amide bonds. The van der Waals surface area contributed by atoms with Crippen molar-refractivity contribution in [2.45, 2.75) is 32.5 Å². The van der Waals surface area contributed by atoms with E-state index in [9.17, 15) is 17.6 Å². The van der Waals surface area contributed by atoms with Gasteiger partial charge in [0, 0.05) is 13.0 Å². The Balaban J connectivity index is 4.18. The van der Waals surface area contributed by atoms with Crippen molar-refractivity contribution in [3.8, 4) is 0 Å². The summed E-state index contributed by atoms with van der Waals surface area (Å²) in [6, 6.07) is 0. The first-order valence-electron chi connectivity index (χ1n) is 4.17. The largest absolute Gasteiger partial charge is 0.394 e. The van der Waals surface area contributed by atoms with Crippen LogP contribution in [-0.2, 0) is 4.74 Å². The maximum atomic E-state index is 12.1. The fraction of sp³-hybridized carbons (Fsp3) is 1.00. The molecular weight excluding hydrogens is 188 g/mol. The number of alkyl halides is 4. The molecule has 0 aliphatic rings. The third kappa shape index (κ3) is 4.45. The SMILES string of the molecule is CCOC(CCF)C(C)C(F)(F)F. The number of rotatable bonds is 5. The maximum Gasteiger partial charge on any atom is 0.394 e. The van der Waals surface area contributed by atoms with E-state index in [4.69, 9.17) is 4.74 Å². The van der Waals surface area contributed by atoms with Crippen LogP contribution in [0.5, 0.6) is 0 Å². The lowest BCUT2D eigenvalue weighted by molar-refractivity contribution is -0.202. The predicted octanol–water partition coefficient (Wildman–Crippen LogP) is 2.95. The molecule has 0 spiro atoms. The average molecular weight is 202 g/mol. The normalized spacial score (nSPS) is 17.1. The first-order valence-corrected chi connectivity index (χ1v) is 4.17. The van der Waals surface area contributed by atoms with E-state index in [1.54, 1.807) is 6.92 Å². The van der Waals surface area contributed by atoms with Gasteiger partial charge in [-0.15, -0.1) is 0 Å². The lowest BCUT2D eigenvalue weighted by atomic mass is 10.0. The summed E-state index contributed by atoms with van der Waals surface area (Å²) in [5.74, 6) is -1.61. The molecule has 0 rings (SSSR count). The van der Waals surface area contributed by atoms with Gasteiger partial charge in [0.15, 0.2) is 0 Å². The second-order valence-corrected chi connectivity index (χ2v) is 2.80. The van der Waals surface area contributed by atoms with E-state index in [1.807, 2.05) is 0 Å². The van der Waals surface area contributed by atoms with E-state index in [0.717, 1.165) is 6.92 Å². The van der Waals surface area contributed by atoms with Crippen molar-refractivity contribution in [3.63, 3.8) is 0 Å². The minimum Gasteiger partial charge on any atom is -0.378 e. The van der Waals surface area contributed by atoms with Gasteiger partial charge in [-0.2, -0.15) is 13.2 Å². The highest BCUT2D eigenvalue weighted by Crippen LogP contribution is 2.31. The zero-order valence-electron chi connectivity index (χ0n) is 7.70. The van der Waals surface area contributed by atoms with Gasteiger partial charge in [-0.25, -0.2) is 0 Å². The monoisotopic (exact) mass is 202 g/mol. The molecule has 0 radical (unpaired) electrons. The van der Waals surface area contributed by atoms with Crippen molar-refractivity contribution in [1.82, 2.24) is 0 Å². The average Bonchev–Trinajstić information content (AvgIpc) is 2.01. The number of ether oxygens (including phenoxy) is 1. The minimum absolute atomic E-state index is 0.172. The molecule has 0 aromatic heterocycles. The molecule has 0 saturated heterocycles. The van der Waals surface area contributed by atoms with Crippen molar-refractivity contribution in [2.24, 2.45) is 5.92 Å². The molecule has 0 aromatic rings. The summed E-state index contributed by atoms with van der Waals surface area (Å²) in [4.78, 5) is 0. The van der Waals surface area contributed by atoms with Gasteiger partial charge in [-0.05, 0) is 6.92 Å². The summed E-state index contributed by atoms with van der Waals surface area (Å²) in [5.41, 5.74) is 0. The van der Waals surface area contributed by atoms with Crippen LogP contribution >= 0.6 is 0 Å². The lowest BCUT2D eigenvalue weighted by Crippen LogP contribution is -2.34. The third-order valence-corrected chi connectivity index (χ3v) is 1.85. The second-order valence-electron chi connectivity index (χ2n) is 2.80. The molecule has 0 aliphatic carbocycles. The van der Waals surface area contributed by atoms with Gasteiger partial charge in [0.25, 0.3) is 0 Å². The highest BCUT2D eigenvalue weighted by atomic mass is 19.4. The van der Waals surface area contributed by atoms with Gasteiger partial charge < -0.3 is 4.74 Å².